The largest absolute Gasteiger partial charge is 0.310 e. The molecule has 1 aromatic carbocycles. The minimum Gasteiger partial charge on any atom is -0.310 e. The van der Waals surface area contributed by atoms with Crippen LogP contribution in [0.1, 0.15) is 51.6 Å². The summed E-state index contributed by atoms with van der Waals surface area (Å²) >= 11 is 0. The molecule has 0 saturated heterocycles. The summed E-state index contributed by atoms with van der Waals surface area (Å²) in [4.78, 5) is 2.71. The highest BCUT2D eigenvalue weighted by molar-refractivity contribution is 5.18. The van der Waals surface area contributed by atoms with Crippen LogP contribution in [0.25, 0.3) is 0 Å². The zero-order valence-electron chi connectivity index (χ0n) is 13.3. The van der Waals surface area contributed by atoms with Gasteiger partial charge in [0, 0.05) is 25.2 Å². The van der Waals surface area contributed by atoms with Crippen LogP contribution in [0, 0.1) is 5.92 Å². The lowest BCUT2D eigenvalue weighted by Crippen LogP contribution is -2.33. The van der Waals surface area contributed by atoms with E-state index in [0.717, 1.165) is 18.5 Å². The molecule has 0 aromatic heterocycles. The number of benzene rings is 1. The number of hydrogen-bond acceptors (Lipinski definition) is 2. The van der Waals surface area contributed by atoms with Gasteiger partial charge in [-0.15, -0.1) is 0 Å². The molecular weight excluding hydrogens is 244 g/mol. The second-order valence-electron chi connectivity index (χ2n) is 6.43. The molecule has 1 aliphatic rings. The summed E-state index contributed by atoms with van der Waals surface area (Å²) in [5.74, 6) is 0.768. The molecule has 1 N–H and O–H groups in total. The molecule has 1 aliphatic carbocycles. The van der Waals surface area contributed by atoms with Crippen molar-refractivity contribution >= 4 is 0 Å². The summed E-state index contributed by atoms with van der Waals surface area (Å²) < 4.78 is 0. The van der Waals surface area contributed by atoms with E-state index in [2.05, 4.69) is 61.3 Å². The molecule has 1 aromatic rings. The van der Waals surface area contributed by atoms with Crippen LogP contribution in [0.3, 0.4) is 0 Å². The first-order valence-corrected chi connectivity index (χ1v) is 8.23. The van der Waals surface area contributed by atoms with Crippen LogP contribution in [0.15, 0.2) is 30.3 Å². The van der Waals surface area contributed by atoms with Crippen molar-refractivity contribution in [2.45, 2.75) is 52.1 Å². The molecule has 2 rings (SSSR count). The highest BCUT2D eigenvalue weighted by Gasteiger charge is 2.29. The standard InChI is InChI=1S/C18H30N2/c1-4-19-18(16-8-6-5-7-9-16)12-13-20(14-15(2)3)17-10-11-17/h5-9,15,17-19H,4,10-14H2,1-3H3. The molecule has 0 bridgehead atoms. The van der Waals surface area contributed by atoms with E-state index in [9.17, 15) is 0 Å². The minimum absolute atomic E-state index is 0.495. The van der Waals surface area contributed by atoms with Gasteiger partial charge in [0.2, 0.25) is 0 Å². The molecule has 0 heterocycles. The highest BCUT2D eigenvalue weighted by Crippen LogP contribution is 2.29. The molecule has 0 radical (unpaired) electrons. The van der Waals surface area contributed by atoms with Crippen LogP contribution in [0.4, 0.5) is 0 Å². The van der Waals surface area contributed by atoms with E-state index in [1.54, 1.807) is 0 Å². The SMILES string of the molecule is CCNC(CCN(CC(C)C)C1CC1)c1ccccc1. The molecule has 2 heteroatoms. The fraction of sp³-hybridized carbons (Fsp3) is 0.667. The van der Waals surface area contributed by atoms with Gasteiger partial charge in [-0.1, -0.05) is 51.1 Å². The van der Waals surface area contributed by atoms with Gasteiger partial charge in [-0.2, -0.15) is 0 Å². The lowest BCUT2D eigenvalue weighted by molar-refractivity contribution is 0.222. The Kier molecular flexibility index (Phi) is 6.06. The molecule has 112 valence electrons. The van der Waals surface area contributed by atoms with Crippen LogP contribution in [-0.2, 0) is 0 Å². The quantitative estimate of drug-likeness (QED) is 0.736. The lowest BCUT2D eigenvalue weighted by Gasteiger charge is -2.27. The summed E-state index contributed by atoms with van der Waals surface area (Å²) in [5, 5.41) is 3.64. The van der Waals surface area contributed by atoms with Gasteiger partial charge in [-0.3, -0.25) is 0 Å². The molecule has 1 atom stereocenters. The Morgan fingerprint density at radius 1 is 1.20 bits per heavy atom. The summed E-state index contributed by atoms with van der Waals surface area (Å²) in [6.45, 7) is 10.4. The first-order chi connectivity index (χ1) is 9.70. The molecule has 1 unspecified atom stereocenters. The number of nitrogens with zero attached hydrogens (tertiary/aromatic N) is 1. The van der Waals surface area contributed by atoms with Gasteiger partial charge >= 0.3 is 0 Å². The second-order valence-corrected chi connectivity index (χ2v) is 6.43. The highest BCUT2D eigenvalue weighted by atomic mass is 15.2. The fourth-order valence-electron chi connectivity index (χ4n) is 2.94. The molecule has 0 spiro atoms. The van der Waals surface area contributed by atoms with Gasteiger partial charge in [0.15, 0.2) is 0 Å². The van der Waals surface area contributed by atoms with Crippen LogP contribution in [0.5, 0.6) is 0 Å². The van der Waals surface area contributed by atoms with Crippen LogP contribution in [0.2, 0.25) is 0 Å². The van der Waals surface area contributed by atoms with Crippen molar-refractivity contribution in [3.8, 4) is 0 Å². The predicted octanol–water partition coefficient (Wildman–Crippen LogP) is 3.85. The van der Waals surface area contributed by atoms with Crippen molar-refractivity contribution in [1.29, 1.82) is 0 Å². The van der Waals surface area contributed by atoms with E-state index in [-0.39, 0.29) is 0 Å². The minimum atomic E-state index is 0.495. The maximum Gasteiger partial charge on any atom is 0.0332 e. The van der Waals surface area contributed by atoms with Crippen LogP contribution >= 0.6 is 0 Å². The first-order valence-electron chi connectivity index (χ1n) is 8.23. The fourth-order valence-corrected chi connectivity index (χ4v) is 2.94. The molecule has 1 saturated carbocycles. The van der Waals surface area contributed by atoms with Crippen molar-refractivity contribution in [1.82, 2.24) is 10.2 Å². The van der Waals surface area contributed by atoms with Gasteiger partial charge < -0.3 is 10.2 Å². The van der Waals surface area contributed by atoms with Crippen molar-refractivity contribution in [3.63, 3.8) is 0 Å². The lowest BCUT2D eigenvalue weighted by atomic mass is 10.0. The molecule has 20 heavy (non-hydrogen) atoms. The van der Waals surface area contributed by atoms with Gasteiger partial charge in [0.05, 0.1) is 0 Å². The van der Waals surface area contributed by atoms with Crippen molar-refractivity contribution in [2.24, 2.45) is 5.92 Å². The number of rotatable bonds is 9. The van der Waals surface area contributed by atoms with Crippen LogP contribution in [-0.4, -0.2) is 30.6 Å². The zero-order valence-corrected chi connectivity index (χ0v) is 13.3. The third-order valence-electron chi connectivity index (χ3n) is 4.02. The van der Waals surface area contributed by atoms with E-state index < -0.39 is 0 Å². The maximum atomic E-state index is 3.64. The van der Waals surface area contributed by atoms with Gasteiger partial charge in [-0.05, 0) is 37.3 Å². The van der Waals surface area contributed by atoms with Crippen molar-refractivity contribution < 1.29 is 0 Å². The first kappa shape index (κ1) is 15.5. The Bertz CT molecular complexity index is 370. The monoisotopic (exact) mass is 274 g/mol. The van der Waals surface area contributed by atoms with Gasteiger partial charge in [-0.25, -0.2) is 0 Å². The van der Waals surface area contributed by atoms with E-state index >= 15 is 0 Å². The molecular formula is C18H30N2. The maximum absolute atomic E-state index is 3.64. The molecule has 1 fully saturated rings. The van der Waals surface area contributed by atoms with Gasteiger partial charge in [0.1, 0.15) is 0 Å². The Hall–Kier alpha value is -0.860. The summed E-state index contributed by atoms with van der Waals surface area (Å²) in [7, 11) is 0. The van der Waals surface area contributed by atoms with E-state index in [1.165, 1.54) is 37.9 Å². The Labute approximate surface area is 124 Å². The predicted molar refractivity (Wildman–Crippen MR) is 86.9 cm³/mol. The Balaban J connectivity index is 1.90. The third-order valence-corrected chi connectivity index (χ3v) is 4.02. The van der Waals surface area contributed by atoms with E-state index in [1.807, 2.05) is 0 Å². The molecule has 2 nitrogen and oxygen atoms in total. The zero-order chi connectivity index (χ0) is 14.4. The normalized spacial score (nSPS) is 16.9. The number of hydrogen-bond donors (Lipinski definition) is 1. The topological polar surface area (TPSA) is 15.3 Å². The summed E-state index contributed by atoms with van der Waals surface area (Å²) in [6.07, 6.45) is 4.02. The summed E-state index contributed by atoms with van der Waals surface area (Å²) in [6, 6.07) is 12.2. The van der Waals surface area contributed by atoms with Gasteiger partial charge in [0.25, 0.3) is 0 Å². The average molecular weight is 274 g/mol. The summed E-state index contributed by atoms with van der Waals surface area (Å²) in [5.41, 5.74) is 1.43. The second kappa shape index (κ2) is 7.80. The van der Waals surface area contributed by atoms with E-state index in [4.69, 9.17) is 0 Å². The molecule has 0 amide bonds. The van der Waals surface area contributed by atoms with Crippen molar-refractivity contribution in [2.75, 3.05) is 19.6 Å². The van der Waals surface area contributed by atoms with Crippen molar-refractivity contribution in [3.05, 3.63) is 35.9 Å². The Morgan fingerprint density at radius 2 is 1.90 bits per heavy atom. The molecule has 0 aliphatic heterocycles. The Morgan fingerprint density at radius 3 is 2.45 bits per heavy atom. The smallest absolute Gasteiger partial charge is 0.0332 e. The van der Waals surface area contributed by atoms with Crippen LogP contribution < -0.4 is 5.32 Å². The average Bonchev–Trinajstić information content (AvgIpc) is 3.27. The van der Waals surface area contributed by atoms with E-state index in [0.29, 0.717) is 6.04 Å². The third kappa shape index (κ3) is 4.92. The number of nitrogens with one attached hydrogen (secondary N) is 1.